The summed E-state index contributed by atoms with van der Waals surface area (Å²) in [5, 5.41) is 0. The third-order valence-electron chi connectivity index (χ3n) is 3.41. The van der Waals surface area contributed by atoms with Gasteiger partial charge in [-0.15, -0.1) is 0 Å². The van der Waals surface area contributed by atoms with E-state index in [0.717, 1.165) is 25.0 Å². The molecule has 0 fully saturated rings. The van der Waals surface area contributed by atoms with Gasteiger partial charge in [0.15, 0.2) is 0 Å². The predicted octanol–water partition coefficient (Wildman–Crippen LogP) is 5.16. The van der Waals surface area contributed by atoms with E-state index >= 15 is 0 Å². The maximum atomic E-state index is 5.60. The first-order chi connectivity index (χ1) is 8.63. The number of methoxy groups -OCH3 is 1. The molecule has 1 unspecified atom stereocenters. The molecular formula is C17H26O. The molecule has 0 aromatic heterocycles. The molecule has 0 spiro atoms. The molecule has 1 heteroatoms. The summed E-state index contributed by atoms with van der Waals surface area (Å²) in [5.41, 5.74) is 3.92. The van der Waals surface area contributed by atoms with E-state index in [0.29, 0.717) is 5.92 Å². The van der Waals surface area contributed by atoms with Crippen molar-refractivity contribution < 1.29 is 4.74 Å². The maximum Gasteiger partial charge on any atom is 0.125 e. The fourth-order valence-corrected chi connectivity index (χ4v) is 2.51. The van der Waals surface area contributed by atoms with Gasteiger partial charge in [0.25, 0.3) is 0 Å². The summed E-state index contributed by atoms with van der Waals surface area (Å²) in [7, 11) is 1.77. The minimum Gasteiger partial charge on any atom is -0.496 e. The molecule has 1 atom stereocenters. The van der Waals surface area contributed by atoms with E-state index in [9.17, 15) is 0 Å². The lowest BCUT2D eigenvalue weighted by atomic mass is 9.89. The normalized spacial score (nSPS) is 12.9. The van der Waals surface area contributed by atoms with Crippen LogP contribution in [0.5, 0.6) is 5.75 Å². The zero-order chi connectivity index (χ0) is 13.5. The number of hydrogen-bond acceptors (Lipinski definition) is 1. The summed E-state index contributed by atoms with van der Waals surface area (Å²) in [4.78, 5) is 0. The summed E-state index contributed by atoms with van der Waals surface area (Å²) >= 11 is 0. The van der Waals surface area contributed by atoms with Gasteiger partial charge in [-0.25, -0.2) is 0 Å². The number of rotatable bonds is 6. The highest BCUT2D eigenvalue weighted by Crippen LogP contribution is 2.35. The summed E-state index contributed by atoms with van der Waals surface area (Å²) < 4.78 is 5.60. The first-order valence-corrected chi connectivity index (χ1v) is 6.94. The van der Waals surface area contributed by atoms with Gasteiger partial charge in [-0.05, 0) is 50.2 Å². The standard InChI is InChI=1S/C17H26O/c1-6-8-9-10-15(7-2)16-12-13(3)11-14(4)17(16)18-5/h8-9,11-12,15H,6-7,10H2,1-5H3/b9-8-. The van der Waals surface area contributed by atoms with E-state index in [2.05, 4.69) is 52.0 Å². The molecule has 0 amide bonds. The molecule has 1 rings (SSSR count). The fourth-order valence-electron chi connectivity index (χ4n) is 2.51. The molecule has 1 nitrogen and oxygen atoms in total. The molecular weight excluding hydrogens is 220 g/mol. The zero-order valence-corrected chi connectivity index (χ0v) is 12.4. The van der Waals surface area contributed by atoms with Crippen molar-refractivity contribution in [2.45, 2.75) is 52.9 Å². The SMILES string of the molecule is CC/C=C\CC(CC)c1cc(C)cc(C)c1OC. The van der Waals surface area contributed by atoms with E-state index in [1.54, 1.807) is 7.11 Å². The van der Waals surface area contributed by atoms with Crippen LogP contribution >= 0.6 is 0 Å². The lowest BCUT2D eigenvalue weighted by Crippen LogP contribution is -2.02. The largest absolute Gasteiger partial charge is 0.496 e. The summed E-state index contributed by atoms with van der Waals surface area (Å²) in [5.74, 6) is 1.62. The number of hydrogen-bond donors (Lipinski definition) is 0. The minimum absolute atomic E-state index is 0.557. The van der Waals surface area contributed by atoms with Gasteiger partial charge in [-0.2, -0.15) is 0 Å². The summed E-state index contributed by atoms with van der Waals surface area (Å²) in [6.45, 7) is 8.71. The van der Waals surface area contributed by atoms with Gasteiger partial charge in [0.2, 0.25) is 0 Å². The smallest absolute Gasteiger partial charge is 0.125 e. The summed E-state index contributed by atoms with van der Waals surface area (Å²) in [6, 6.07) is 4.47. The van der Waals surface area contributed by atoms with E-state index in [-0.39, 0.29) is 0 Å². The minimum atomic E-state index is 0.557. The Morgan fingerprint density at radius 3 is 2.44 bits per heavy atom. The van der Waals surface area contributed by atoms with Gasteiger partial charge in [-0.1, -0.05) is 43.7 Å². The van der Waals surface area contributed by atoms with Crippen LogP contribution in [0, 0.1) is 13.8 Å². The first kappa shape index (κ1) is 14.8. The Hall–Kier alpha value is -1.24. The average Bonchev–Trinajstić information content (AvgIpc) is 2.34. The van der Waals surface area contributed by atoms with Crippen molar-refractivity contribution in [3.05, 3.63) is 41.0 Å². The van der Waals surface area contributed by atoms with Gasteiger partial charge < -0.3 is 4.74 Å². The molecule has 0 heterocycles. The molecule has 1 aromatic carbocycles. The van der Waals surface area contributed by atoms with E-state index in [1.807, 2.05) is 0 Å². The zero-order valence-electron chi connectivity index (χ0n) is 12.4. The Morgan fingerprint density at radius 1 is 1.17 bits per heavy atom. The van der Waals surface area contributed by atoms with E-state index in [4.69, 9.17) is 4.74 Å². The third kappa shape index (κ3) is 3.63. The van der Waals surface area contributed by atoms with Crippen molar-refractivity contribution >= 4 is 0 Å². The number of aryl methyl sites for hydroxylation is 2. The lowest BCUT2D eigenvalue weighted by Gasteiger charge is -2.19. The van der Waals surface area contributed by atoms with E-state index < -0.39 is 0 Å². The van der Waals surface area contributed by atoms with Crippen LogP contribution in [0.4, 0.5) is 0 Å². The monoisotopic (exact) mass is 246 g/mol. The van der Waals surface area contributed by atoms with Crippen LogP contribution in [0.2, 0.25) is 0 Å². The lowest BCUT2D eigenvalue weighted by molar-refractivity contribution is 0.401. The molecule has 0 bridgehead atoms. The highest BCUT2D eigenvalue weighted by atomic mass is 16.5. The maximum absolute atomic E-state index is 5.60. The Kier molecular flexibility index (Phi) is 5.97. The average molecular weight is 246 g/mol. The van der Waals surface area contributed by atoms with Crippen LogP contribution < -0.4 is 4.74 Å². The second-order valence-corrected chi connectivity index (χ2v) is 4.92. The van der Waals surface area contributed by atoms with Gasteiger partial charge >= 0.3 is 0 Å². The van der Waals surface area contributed by atoms with Crippen molar-refractivity contribution in [1.29, 1.82) is 0 Å². The molecule has 0 aliphatic heterocycles. The van der Waals surface area contributed by atoms with Gasteiger partial charge in [0.05, 0.1) is 7.11 Å². The molecule has 1 aromatic rings. The Balaban J connectivity index is 3.07. The Morgan fingerprint density at radius 2 is 1.89 bits per heavy atom. The van der Waals surface area contributed by atoms with Gasteiger partial charge in [-0.3, -0.25) is 0 Å². The molecule has 0 aliphatic rings. The van der Waals surface area contributed by atoms with Crippen molar-refractivity contribution in [2.24, 2.45) is 0 Å². The molecule has 18 heavy (non-hydrogen) atoms. The first-order valence-electron chi connectivity index (χ1n) is 6.94. The molecule has 0 saturated carbocycles. The Labute approximate surface area is 112 Å². The van der Waals surface area contributed by atoms with Crippen LogP contribution in [-0.2, 0) is 0 Å². The molecule has 0 aliphatic carbocycles. The molecule has 0 radical (unpaired) electrons. The quantitative estimate of drug-likeness (QED) is 0.630. The summed E-state index contributed by atoms with van der Waals surface area (Å²) in [6.07, 6.45) is 7.90. The van der Waals surface area contributed by atoms with Crippen LogP contribution in [-0.4, -0.2) is 7.11 Å². The van der Waals surface area contributed by atoms with Gasteiger partial charge in [0.1, 0.15) is 5.75 Å². The number of allylic oxidation sites excluding steroid dienone is 2. The Bertz CT molecular complexity index is 404. The highest BCUT2D eigenvalue weighted by molar-refractivity contribution is 5.45. The van der Waals surface area contributed by atoms with Crippen LogP contribution in [0.1, 0.15) is 55.7 Å². The second kappa shape index (κ2) is 7.25. The molecule has 100 valence electrons. The van der Waals surface area contributed by atoms with Crippen LogP contribution in [0.15, 0.2) is 24.3 Å². The van der Waals surface area contributed by atoms with Crippen molar-refractivity contribution in [3.8, 4) is 5.75 Å². The predicted molar refractivity (Wildman–Crippen MR) is 79.5 cm³/mol. The van der Waals surface area contributed by atoms with Crippen LogP contribution in [0.25, 0.3) is 0 Å². The van der Waals surface area contributed by atoms with E-state index in [1.165, 1.54) is 16.7 Å². The molecule has 0 N–H and O–H groups in total. The molecule has 0 saturated heterocycles. The fraction of sp³-hybridized carbons (Fsp3) is 0.529. The van der Waals surface area contributed by atoms with Crippen molar-refractivity contribution in [2.75, 3.05) is 7.11 Å². The number of ether oxygens (including phenoxy) is 1. The van der Waals surface area contributed by atoms with Crippen molar-refractivity contribution in [1.82, 2.24) is 0 Å². The third-order valence-corrected chi connectivity index (χ3v) is 3.41. The highest BCUT2D eigenvalue weighted by Gasteiger charge is 2.15. The van der Waals surface area contributed by atoms with Gasteiger partial charge in [0, 0.05) is 0 Å². The topological polar surface area (TPSA) is 9.23 Å². The van der Waals surface area contributed by atoms with Crippen LogP contribution in [0.3, 0.4) is 0 Å². The second-order valence-electron chi connectivity index (χ2n) is 4.92. The number of benzene rings is 1. The van der Waals surface area contributed by atoms with Crippen molar-refractivity contribution in [3.63, 3.8) is 0 Å².